The molecule has 0 spiro atoms. The first-order valence-electron chi connectivity index (χ1n) is 10.2. The summed E-state index contributed by atoms with van der Waals surface area (Å²) in [6, 6.07) is 8.23. The van der Waals surface area contributed by atoms with Crippen LogP contribution in [0.2, 0.25) is 0 Å². The third-order valence-electron chi connectivity index (χ3n) is 5.30. The van der Waals surface area contributed by atoms with Gasteiger partial charge in [-0.1, -0.05) is 58.9 Å². The van der Waals surface area contributed by atoms with E-state index < -0.39 is 0 Å². The first-order valence-corrected chi connectivity index (χ1v) is 10.2. The summed E-state index contributed by atoms with van der Waals surface area (Å²) in [7, 11) is 0. The van der Waals surface area contributed by atoms with Gasteiger partial charge in [-0.15, -0.1) is 0 Å². The lowest BCUT2D eigenvalue weighted by Crippen LogP contribution is -2.37. The predicted molar refractivity (Wildman–Crippen MR) is 111 cm³/mol. The van der Waals surface area contributed by atoms with E-state index in [9.17, 15) is 9.59 Å². The van der Waals surface area contributed by atoms with E-state index in [0.717, 1.165) is 6.42 Å². The highest BCUT2D eigenvalue weighted by Crippen LogP contribution is 2.35. The number of aryl methyl sites for hydroxylation is 1. The van der Waals surface area contributed by atoms with Crippen LogP contribution >= 0.6 is 0 Å². The van der Waals surface area contributed by atoms with Crippen LogP contribution in [0.3, 0.4) is 0 Å². The third kappa shape index (κ3) is 6.08. The first-order chi connectivity index (χ1) is 12.6. The maximum absolute atomic E-state index is 12.9. The summed E-state index contributed by atoms with van der Waals surface area (Å²) >= 11 is 0. The summed E-state index contributed by atoms with van der Waals surface area (Å²) in [5, 5.41) is 3.11. The summed E-state index contributed by atoms with van der Waals surface area (Å²) in [4.78, 5) is 27.6. The number of benzene rings is 1. The van der Waals surface area contributed by atoms with Crippen molar-refractivity contribution in [2.75, 3.05) is 19.6 Å². The normalized spacial score (nSPS) is 20.2. The molecule has 150 valence electrons. The van der Waals surface area contributed by atoms with Crippen LogP contribution in [0, 0.1) is 24.2 Å². The van der Waals surface area contributed by atoms with Crippen LogP contribution in [-0.2, 0) is 9.59 Å². The van der Waals surface area contributed by atoms with Gasteiger partial charge in [0.2, 0.25) is 11.8 Å². The molecule has 4 nitrogen and oxygen atoms in total. The molecule has 0 saturated carbocycles. The van der Waals surface area contributed by atoms with Crippen LogP contribution < -0.4 is 5.32 Å². The number of carbonyl (C=O) groups is 2. The van der Waals surface area contributed by atoms with Crippen LogP contribution in [0.4, 0.5) is 0 Å². The van der Waals surface area contributed by atoms with Gasteiger partial charge in [0.15, 0.2) is 0 Å². The minimum Gasteiger partial charge on any atom is -0.356 e. The lowest BCUT2D eigenvalue weighted by Gasteiger charge is -2.23. The second kappa shape index (κ2) is 8.90. The fraction of sp³-hybridized carbons (Fsp3) is 0.652. The van der Waals surface area contributed by atoms with E-state index in [2.05, 4.69) is 59.0 Å². The molecule has 1 aromatic carbocycles. The van der Waals surface area contributed by atoms with E-state index in [0.29, 0.717) is 32.0 Å². The minimum atomic E-state index is -0.179. The fourth-order valence-corrected chi connectivity index (χ4v) is 3.77. The summed E-state index contributed by atoms with van der Waals surface area (Å²) in [6.07, 6.45) is 1.48. The molecule has 0 aromatic heterocycles. The molecule has 0 aliphatic carbocycles. The van der Waals surface area contributed by atoms with Gasteiger partial charge in [-0.2, -0.15) is 0 Å². The van der Waals surface area contributed by atoms with E-state index in [1.165, 1.54) is 11.1 Å². The van der Waals surface area contributed by atoms with Gasteiger partial charge < -0.3 is 10.2 Å². The molecule has 1 saturated heterocycles. The molecule has 1 N–H and O–H groups in total. The third-order valence-corrected chi connectivity index (χ3v) is 5.30. The molecule has 1 fully saturated rings. The molecule has 2 rings (SSSR count). The van der Waals surface area contributed by atoms with Crippen molar-refractivity contribution in [2.45, 2.75) is 60.3 Å². The average molecular weight is 373 g/mol. The Bertz CT molecular complexity index is 661. The number of hydrogen-bond acceptors (Lipinski definition) is 2. The molecule has 2 unspecified atom stereocenters. The van der Waals surface area contributed by atoms with Crippen LogP contribution in [0.15, 0.2) is 24.3 Å². The van der Waals surface area contributed by atoms with E-state index >= 15 is 0 Å². The zero-order valence-corrected chi connectivity index (χ0v) is 17.8. The van der Waals surface area contributed by atoms with Crippen molar-refractivity contribution in [3.8, 4) is 0 Å². The van der Waals surface area contributed by atoms with Crippen molar-refractivity contribution in [1.82, 2.24) is 10.2 Å². The maximum atomic E-state index is 12.9. The zero-order valence-electron chi connectivity index (χ0n) is 17.8. The van der Waals surface area contributed by atoms with Crippen LogP contribution in [-0.4, -0.2) is 36.3 Å². The summed E-state index contributed by atoms with van der Waals surface area (Å²) < 4.78 is 0. The predicted octanol–water partition coefficient (Wildman–Crippen LogP) is 4.14. The second-order valence-electron chi connectivity index (χ2n) is 9.58. The number of nitrogens with one attached hydrogen (secondary N) is 1. The van der Waals surface area contributed by atoms with Crippen molar-refractivity contribution in [1.29, 1.82) is 0 Å². The molecule has 2 amide bonds. The molecule has 1 heterocycles. The largest absolute Gasteiger partial charge is 0.356 e. The second-order valence-corrected chi connectivity index (χ2v) is 9.58. The lowest BCUT2D eigenvalue weighted by atomic mass is 9.86. The zero-order chi connectivity index (χ0) is 20.2. The fourth-order valence-electron chi connectivity index (χ4n) is 3.77. The summed E-state index contributed by atoms with van der Waals surface area (Å²) in [6.45, 7) is 14.5. The van der Waals surface area contributed by atoms with E-state index in [-0.39, 0.29) is 29.1 Å². The van der Waals surface area contributed by atoms with Gasteiger partial charge >= 0.3 is 0 Å². The van der Waals surface area contributed by atoms with Crippen molar-refractivity contribution in [2.24, 2.45) is 17.3 Å². The average Bonchev–Trinajstić information content (AvgIpc) is 2.98. The van der Waals surface area contributed by atoms with Crippen molar-refractivity contribution in [3.05, 3.63) is 35.4 Å². The highest BCUT2D eigenvalue weighted by molar-refractivity contribution is 5.83. The SMILES string of the molecule is Cc1ccccc1C1CN(C(=O)CC(C)(C)C)CC1C(=O)NCCC(C)C. The van der Waals surface area contributed by atoms with Crippen LogP contribution in [0.1, 0.15) is 64.5 Å². The molecular formula is C23H36N2O2. The minimum absolute atomic E-state index is 0.0488. The van der Waals surface area contributed by atoms with Gasteiger partial charge in [0.1, 0.15) is 0 Å². The smallest absolute Gasteiger partial charge is 0.225 e. The Morgan fingerprint density at radius 1 is 1.19 bits per heavy atom. The van der Waals surface area contributed by atoms with Gasteiger partial charge in [0, 0.05) is 32.0 Å². The molecule has 27 heavy (non-hydrogen) atoms. The van der Waals surface area contributed by atoms with E-state index in [1.807, 2.05) is 17.0 Å². The highest BCUT2D eigenvalue weighted by atomic mass is 16.2. The van der Waals surface area contributed by atoms with Crippen molar-refractivity contribution in [3.63, 3.8) is 0 Å². The van der Waals surface area contributed by atoms with Gasteiger partial charge in [0.25, 0.3) is 0 Å². The molecule has 0 bridgehead atoms. The Kier molecular flexibility index (Phi) is 7.07. The van der Waals surface area contributed by atoms with Crippen molar-refractivity contribution >= 4 is 11.8 Å². The number of nitrogens with zero attached hydrogens (tertiary/aromatic N) is 1. The maximum Gasteiger partial charge on any atom is 0.225 e. The Labute approximate surface area is 164 Å². The first kappa shape index (κ1) is 21.5. The van der Waals surface area contributed by atoms with Crippen LogP contribution in [0.25, 0.3) is 0 Å². The van der Waals surface area contributed by atoms with Gasteiger partial charge in [0.05, 0.1) is 5.92 Å². The number of likely N-dealkylation sites (tertiary alicyclic amines) is 1. The monoisotopic (exact) mass is 372 g/mol. The van der Waals surface area contributed by atoms with Crippen molar-refractivity contribution < 1.29 is 9.59 Å². The standard InChI is InChI=1S/C23H36N2O2/c1-16(2)11-12-24-22(27)20-15-25(21(26)13-23(4,5)6)14-19(20)18-10-8-7-9-17(18)3/h7-10,16,19-20H,11-15H2,1-6H3,(H,24,27). The lowest BCUT2D eigenvalue weighted by molar-refractivity contribution is -0.132. The Balaban J connectivity index is 2.18. The van der Waals surface area contributed by atoms with Gasteiger partial charge in [-0.3, -0.25) is 9.59 Å². The molecule has 2 atom stereocenters. The number of amides is 2. The number of rotatable bonds is 6. The molecule has 0 radical (unpaired) electrons. The number of hydrogen-bond donors (Lipinski definition) is 1. The highest BCUT2D eigenvalue weighted by Gasteiger charge is 2.41. The molecule has 1 aliphatic rings. The Morgan fingerprint density at radius 2 is 1.85 bits per heavy atom. The summed E-state index contributed by atoms with van der Waals surface area (Å²) in [5.41, 5.74) is 2.33. The Morgan fingerprint density at radius 3 is 2.44 bits per heavy atom. The molecule has 1 aliphatic heterocycles. The molecular weight excluding hydrogens is 336 g/mol. The molecule has 4 heteroatoms. The van der Waals surface area contributed by atoms with Gasteiger partial charge in [-0.05, 0) is 35.8 Å². The quantitative estimate of drug-likeness (QED) is 0.816. The van der Waals surface area contributed by atoms with Gasteiger partial charge in [-0.25, -0.2) is 0 Å². The van der Waals surface area contributed by atoms with Crippen LogP contribution in [0.5, 0.6) is 0 Å². The number of carbonyl (C=O) groups excluding carboxylic acids is 2. The Hall–Kier alpha value is -1.84. The van der Waals surface area contributed by atoms with E-state index in [1.54, 1.807) is 0 Å². The summed E-state index contributed by atoms with van der Waals surface area (Å²) in [5.74, 6) is 0.677. The molecule has 1 aromatic rings. The topological polar surface area (TPSA) is 49.4 Å². The van der Waals surface area contributed by atoms with E-state index in [4.69, 9.17) is 0 Å².